The number of aromatic nitrogens is 6. The van der Waals surface area contributed by atoms with E-state index in [1.54, 1.807) is 12.4 Å². The SMILES string of the molecule is c1ccc(-c2cc(-c3cccnc3-c3ccc4ccc(-c5ccc6ccc(-c7ccccn7)nc6c5)cc4n3)nc(-c3ccccc3)n2)cc1. The normalized spacial score (nSPS) is 11.2. The van der Waals surface area contributed by atoms with Crippen molar-refractivity contribution in [1.29, 1.82) is 0 Å². The van der Waals surface area contributed by atoms with Crippen LogP contribution in [0.2, 0.25) is 0 Å². The topological polar surface area (TPSA) is 77.3 Å². The number of rotatable bonds is 6. The third-order valence-electron chi connectivity index (χ3n) is 8.80. The van der Waals surface area contributed by atoms with Gasteiger partial charge in [0.15, 0.2) is 5.82 Å². The Morgan fingerprint density at radius 2 is 0.920 bits per heavy atom. The molecule has 9 rings (SSSR count). The molecule has 6 heteroatoms. The summed E-state index contributed by atoms with van der Waals surface area (Å²) in [6, 6.07) is 53.2. The van der Waals surface area contributed by atoms with Crippen LogP contribution in [0.1, 0.15) is 0 Å². The van der Waals surface area contributed by atoms with E-state index in [1.807, 2.05) is 91.0 Å². The maximum absolute atomic E-state index is 5.17. The molecule has 0 spiro atoms. The van der Waals surface area contributed by atoms with E-state index in [2.05, 4.69) is 71.7 Å². The highest BCUT2D eigenvalue weighted by atomic mass is 14.9. The Hall–Kier alpha value is -6.92. The molecule has 234 valence electrons. The van der Waals surface area contributed by atoms with Crippen molar-refractivity contribution >= 4 is 21.8 Å². The Labute approximate surface area is 288 Å². The first-order valence-electron chi connectivity index (χ1n) is 16.4. The summed E-state index contributed by atoms with van der Waals surface area (Å²) in [7, 11) is 0. The van der Waals surface area contributed by atoms with Crippen LogP contribution < -0.4 is 0 Å². The summed E-state index contributed by atoms with van der Waals surface area (Å²) in [4.78, 5) is 29.5. The number of fused-ring (bicyclic) bond motifs is 2. The van der Waals surface area contributed by atoms with Gasteiger partial charge in [0.25, 0.3) is 0 Å². The fraction of sp³-hybridized carbons (Fsp3) is 0. The van der Waals surface area contributed by atoms with Crippen LogP contribution in [0.5, 0.6) is 0 Å². The molecular weight excluding hydrogens is 613 g/mol. The summed E-state index contributed by atoms with van der Waals surface area (Å²) >= 11 is 0. The minimum absolute atomic E-state index is 0.657. The predicted octanol–water partition coefficient (Wildman–Crippen LogP) is 10.4. The van der Waals surface area contributed by atoms with Crippen LogP contribution in [0.25, 0.3) is 89.6 Å². The number of nitrogens with zero attached hydrogens (tertiary/aromatic N) is 6. The zero-order valence-corrected chi connectivity index (χ0v) is 26.8. The number of benzene rings is 4. The van der Waals surface area contributed by atoms with Crippen molar-refractivity contribution in [3.8, 4) is 67.8 Å². The second-order valence-corrected chi connectivity index (χ2v) is 12.0. The van der Waals surface area contributed by atoms with Crippen molar-refractivity contribution < 1.29 is 0 Å². The highest BCUT2D eigenvalue weighted by Crippen LogP contribution is 2.34. The zero-order chi connectivity index (χ0) is 33.3. The van der Waals surface area contributed by atoms with E-state index >= 15 is 0 Å². The van der Waals surface area contributed by atoms with Gasteiger partial charge < -0.3 is 0 Å². The number of pyridine rings is 4. The third-order valence-corrected chi connectivity index (χ3v) is 8.80. The lowest BCUT2D eigenvalue weighted by Gasteiger charge is -2.12. The van der Waals surface area contributed by atoms with Gasteiger partial charge in [0.2, 0.25) is 0 Å². The van der Waals surface area contributed by atoms with Gasteiger partial charge in [-0.15, -0.1) is 0 Å². The first-order valence-corrected chi connectivity index (χ1v) is 16.4. The van der Waals surface area contributed by atoms with Crippen molar-refractivity contribution in [3.63, 3.8) is 0 Å². The summed E-state index contributed by atoms with van der Waals surface area (Å²) < 4.78 is 0. The van der Waals surface area contributed by atoms with Crippen molar-refractivity contribution in [2.45, 2.75) is 0 Å². The van der Waals surface area contributed by atoms with Gasteiger partial charge in [-0.3, -0.25) is 9.97 Å². The van der Waals surface area contributed by atoms with Gasteiger partial charge in [-0.2, -0.15) is 0 Å². The zero-order valence-electron chi connectivity index (χ0n) is 26.8. The fourth-order valence-electron chi connectivity index (χ4n) is 6.26. The Morgan fingerprint density at radius 3 is 1.62 bits per heavy atom. The second-order valence-electron chi connectivity index (χ2n) is 12.0. The lowest BCUT2D eigenvalue weighted by Crippen LogP contribution is -1.98. The molecule has 0 aliphatic carbocycles. The third kappa shape index (κ3) is 5.65. The molecule has 0 aliphatic heterocycles. The summed E-state index contributed by atoms with van der Waals surface area (Å²) in [6.45, 7) is 0. The number of hydrogen-bond donors (Lipinski definition) is 0. The molecule has 0 bridgehead atoms. The molecular formula is C44H28N6. The van der Waals surface area contributed by atoms with Gasteiger partial charge in [0.1, 0.15) is 0 Å². The molecule has 5 aromatic heterocycles. The minimum atomic E-state index is 0.657. The molecule has 50 heavy (non-hydrogen) atoms. The van der Waals surface area contributed by atoms with E-state index in [0.717, 1.165) is 83.8 Å². The van der Waals surface area contributed by atoms with Crippen molar-refractivity contribution in [2.75, 3.05) is 0 Å². The first kappa shape index (κ1) is 29.2. The highest BCUT2D eigenvalue weighted by Gasteiger charge is 2.16. The summed E-state index contributed by atoms with van der Waals surface area (Å²) in [5.74, 6) is 0.657. The fourth-order valence-corrected chi connectivity index (χ4v) is 6.26. The molecule has 0 N–H and O–H groups in total. The molecule has 0 saturated carbocycles. The monoisotopic (exact) mass is 640 g/mol. The molecule has 0 amide bonds. The van der Waals surface area contributed by atoms with Crippen LogP contribution in [0.15, 0.2) is 170 Å². The van der Waals surface area contributed by atoms with Crippen LogP contribution in [0.3, 0.4) is 0 Å². The Bertz CT molecular complexity index is 2580. The lowest BCUT2D eigenvalue weighted by molar-refractivity contribution is 1.17. The Balaban J connectivity index is 1.13. The summed E-state index contributed by atoms with van der Waals surface area (Å²) in [5, 5.41) is 2.12. The maximum atomic E-state index is 5.17. The Morgan fingerprint density at radius 1 is 0.320 bits per heavy atom. The van der Waals surface area contributed by atoms with Crippen molar-refractivity contribution in [3.05, 3.63) is 170 Å². The molecule has 0 fully saturated rings. The molecule has 0 radical (unpaired) electrons. The van der Waals surface area contributed by atoms with Gasteiger partial charge in [0.05, 0.1) is 45.2 Å². The maximum Gasteiger partial charge on any atom is 0.160 e. The van der Waals surface area contributed by atoms with Gasteiger partial charge in [0, 0.05) is 39.9 Å². The van der Waals surface area contributed by atoms with Crippen LogP contribution >= 0.6 is 0 Å². The molecule has 0 unspecified atom stereocenters. The van der Waals surface area contributed by atoms with E-state index < -0.39 is 0 Å². The molecule has 0 saturated heterocycles. The predicted molar refractivity (Wildman–Crippen MR) is 201 cm³/mol. The average Bonchev–Trinajstić information content (AvgIpc) is 3.21. The molecule has 9 aromatic rings. The number of hydrogen-bond acceptors (Lipinski definition) is 6. The van der Waals surface area contributed by atoms with Gasteiger partial charge in [-0.05, 0) is 65.7 Å². The second kappa shape index (κ2) is 12.6. The molecule has 4 aromatic carbocycles. The van der Waals surface area contributed by atoms with E-state index in [0.29, 0.717) is 5.82 Å². The Kier molecular flexibility index (Phi) is 7.37. The highest BCUT2D eigenvalue weighted by molar-refractivity contribution is 5.91. The van der Waals surface area contributed by atoms with E-state index in [-0.39, 0.29) is 0 Å². The molecule has 5 heterocycles. The summed E-state index contributed by atoms with van der Waals surface area (Å²) in [5.41, 5.74) is 11.6. The van der Waals surface area contributed by atoms with Gasteiger partial charge in [-0.25, -0.2) is 19.9 Å². The molecule has 6 nitrogen and oxygen atoms in total. The van der Waals surface area contributed by atoms with E-state index in [1.165, 1.54) is 0 Å². The van der Waals surface area contributed by atoms with Crippen molar-refractivity contribution in [2.24, 2.45) is 0 Å². The van der Waals surface area contributed by atoms with Crippen LogP contribution in [0.4, 0.5) is 0 Å². The van der Waals surface area contributed by atoms with Crippen LogP contribution in [0, 0.1) is 0 Å². The van der Waals surface area contributed by atoms with E-state index in [4.69, 9.17) is 24.9 Å². The minimum Gasteiger partial charge on any atom is -0.255 e. The van der Waals surface area contributed by atoms with Crippen LogP contribution in [-0.4, -0.2) is 29.9 Å². The standard InChI is InChI=1S/C44H28N6/c1-3-10-29(11-4-1)41-28-42(50-44(49-41)32-12-5-2-6-13-32)35-14-9-25-46-43(35)38-23-21-31-17-19-34(27-40(31)48-38)33-18-16-30-20-22-37(47-39(30)26-33)36-15-7-8-24-45-36/h1-28H. The average molecular weight is 641 g/mol. The smallest absolute Gasteiger partial charge is 0.160 e. The largest absolute Gasteiger partial charge is 0.255 e. The van der Waals surface area contributed by atoms with Crippen LogP contribution in [-0.2, 0) is 0 Å². The van der Waals surface area contributed by atoms with Gasteiger partial charge in [-0.1, -0.05) is 103 Å². The quantitative estimate of drug-likeness (QED) is 0.180. The molecule has 0 atom stereocenters. The lowest BCUT2D eigenvalue weighted by atomic mass is 10.0. The van der Waals surface area contributed by atoms with Crippen molar-refractivity contribution in [1.82, 2.24) is 29.9 Å². The first-order chi connectivity index (χ1) is 24.7. The van der Waals surface area contributed by atoms with Gasteiger partial charge >= 0.3 is 0 Å². The summed E-state index contributed by atoms with van der Waals surface area (Å²) in [6.07, 6.45) is 3.60. The molecule has 0 aliphatic rings. The van der Waals surface area contributed by atoms with E-state index in [9.17, 15) is 0 Å².